The molecule has 0 aliphatic carbocycles. The van der Waals surface area contributed by atoms with Crippen molar-refractivity contribution in [2.24, 2.45) is 17.6 Å². The Morgan fingerprint density at radius 1 is 1.33 bits per heavy atom. The Morgan fingerprint density at radius 2 is 2.00 bits per heavy atom. The molecule has 2 unspecified atom stereocenters. The minimum atomic E-state index is -3.25. The molecule has 2 N–H and O–H groups in total. The molecule has 4 nitrogen and oxygen atoms in total. The van der Waals surface area contributed by atoms with Crippen molar-refractivity contribution >= 4 is 21.4 Å². The van der Waals surface area contributed by atoms with E-state index in [-0.39, 0.29) is 5.75 Å². The van der Waals surface area contributed by atoms with Crippen LogP contribution in [0, 0.1) is 11.8 Å². The van der Waals surface area contributed by atoms with E-state index in [1.165, 1.54) is 0 Å². The quantitative estimate of drug-likeness (QED) is 0.897. The summed E-state index contributed by atoms with van der Waals surface area (Å²) in [6, 6.07) is 6.36. The van der Waals surface area contributed by atoms with Gasteiger partial charge >= 0.3 is 0 Å². The molecule has 1 aromatic carbocycles. The fourth-order valence-corrected chi connectivity index (χ4v) is 4.15. The molecule has 21 heavy (non-hydrogen) atoms. The number of likely N-dealkylation sites (tertiary alicyclic amines) is 1. The van der Waals surface area contributed by atoms with Gasteiger partial charge in [-0.15, -0.1) is 0 Å². The van der Waals surface area contributed by atoms with Gasteiger partial charge in [-0.05, 0) is 55.6 Å². The van der Waals surface area contributed by atoms with Gasteiger partial charge in [0, 0.05) is 18.1 Å². The van der Waals surface area contributed by atoms with Gasteiger partial charge in [-0.1, -0.05) is 18.5 Å². The SMILES string of the molecule is CC1CCN(CCS(=O)(=O)c2ccc(Cl)cc2)CC1CN. The maximum Gasteiger partial charge on any atom is 0.179 e. The van der Waals surface area contributed by atoms with Gasteiger partial charge in [0.2, 0.25) is 0 Å². The normalized spacial score (nSPS) is 24.1. The predicted octanol–water partition coefficient (Wildman–Crippen LogP) is 2.03. The molecule has 118 valence electrons. The molecule has 2 atom stereocenters. The van der Waals surface area contributed by atoms with Gasteiger partial charge in [-0.3, -0.25) is 0 Å². The fraction of sp³-hybridized carbons (Fsp3) is 0.600. The predicted molar refractivity (Wildman–Crippen MR) is 86.3 cm³/mol. The fourth-order valence-electron chi connectivity index (χ4n) is 2.74. The van der Waals surface area contributed by atoms with Crippen LogP contribution in [0.5, 0.6) is 0 Å². The monoisotopic (exact) mass is 330 g/mol. The van der Waals surface area contributed by atoms with Crippen molar-refractivity contribution in [2.45, 2.75) is 18.2 Å². The van der Waals surface area contributed by atoms with E-state index in [1.807, 2.05) is 0 Å². The lowest BCUT2D eigenvalue weighted by molar-refractivity contribution is 0.139. The van der Waals surface area contributed by atoms with Crippen molar-refractivity contribution in [1.82, 2.24) is 4.90 Å². The Balaban J connectivity index is 1.94. The molecule has 0 bridgehead atoms. The van der Waals surface area contributed by atoms with Crippen molar-refractivity contribution in [3.05, 3.63) is 29.3 Å². The average Bonchev–Trinajstić information content (AvgIpc) is 2.47. The van der Waals surface area contributed by atoms with Crippen LogP contribution < -0.4 is 5.73 Å². The summed E-state index contributed by atoms with van der Waals surface area (Å²) in [5.41, 5.74) is 5.79. The molecule has 0 amide bonds. The summed E-state index contributed by atoms with van der Waals surface area (Å²) >= 11 is 5.79. The highest BCUT2D eigenvalue weighted by atomic mass is 35.5. The largest absolute Gasteiger partial charge is 0.330 e. The van der Waals surface area contributed by atoms with Gasteiger partial charge in [0.25, 0.3) is 0 Å². The summed E-state index contributed by atoms with van der Waals surface area (Å²) in [5, 5.41) is 0.546. The zero-order chi connectivity index (χ0) is 15.5. The summed E-state index contributed by atoms with van der Waals surface area (Å²) in [7, 11) is -3.25. The molecule has 1 fully saturated rings. The molecule has 1 aromatic rings. The first kappa shape index (κ1) is 16.7. The van der Waals surface area contributed by atoms with Crippen molar-refractivity contribution in [1.29, 1.82) is 0 Å². The van der Waals surface area contributed by atoms with E-state index in [9.17, 15) is 8.42 Å². The maximum atomic E-state index is 12.3. The average molecular weight is 331 g/mol. The van der Waals surface area contributed by atoms with Crippen molar-refractivity contribution in [3.63, 3.8) is 0 Å². The second-order valence-corrected chi connectivity index (χ2v) is 8.38. The summed E-state index contributed by atoms with van der Waals surface area (Å²) in [6.07, 6.45) is 1.09. The summed E-state index contributed by atoms with van der Waals surface area (Å²) < 4.78 is 24.6. The number of halogens is 1. The lowest BCUT2D eigenvalue weighted by atomic mass is 9.87. The Labute approximate surface area is 132 Å². The minimum absolute atomic E-state index is 0.139. The van der Waals surface area contributed by atoms with Gasteiger partial charge in [0.15, 0.2) is 9.84 Å². The Bertz CT molecular complexity index is 560. The zero-order valence-corrected chi connectivity index (χ0v) is 13.9. The van der Waals surface area contributed by atoms with Gasteiger partial charge < -0.3 is 10.6 Å². The third-order valence-corrected chi connectivity index (χ3v) is 6.31. The molecule has 1 heterocycles. The molecule has 1 aliphatic rings. The molecule has 0 radical (unpaired) electrons. The van der Waals surface area contributed by atoms with Crippen LogP contribution in [0.3, 0.4) is 0 Å². The van der Waals surface area contributed by atoms with E-state index in [0.717, 1.165) is 19.5 Å². The van der Waals surface area contributed by atoms with Crippen molar-refractivity contribution < 1.29 is 8.42 Å². The lowest BCUT2D eigenvalue weighted by Gasteiger charge is -2.36. The van der Waals surface area contributed by atoms with Crippen molar-refractivity contribution in [2.75, 3.05) is 31.9 Å². The zero-order valence-electron chi connectivity index (χ0n) is 12.3. The van der Waals surface area contributed by atoms with E-state index in [0.29, 0.717) is 34.8 Å². The molecule has 2 rings (SSSR count). The highest BCUT2D eigenvalue weighted by molar-refractivity contribution is 7.91. The third-order valence-electron chi connectivity index (χ3n) is 4.35. The first-order valence-electron chi connectivity index (χ1n) is 7.33. The summed E-state index contributed by atoms with van der Waals surface area (Å²) in [5.74, 6) is 1.23. The minimum Gasteiger partial charge on any atom is -0.330 e. The first-order chi connectivity index (χ1) is 9.92. The van der Waals surface area contributed by atoms with Gasteiger partial charge in [-0.2, -0.15) is 0 Å². The highest BCUT2D eigenvalue weighted by Crippen LogP contribution is 2.22. The molecule has 0 spiro atoms. The number of nitrogens with zero attached hydrogens (tertiary/aromatic N) is 1. The Hall–Kier alpha value is -0.620. The molecular formula is C15H23ClN2O2S. The van der Waals surface area contributed by atoms with E-state index in [4.69, 9.17) is 17.3 Å². The van der Waals surface area contributed by atoms with Crippen LogP contribution in [0.15, 0.2) is 29.2 Å². The number of hydrogen-bond donors (Lipinski definition) is 1. The maximum absolute atomic E-state index is 12.3. The van der Waals surface area contributed by atoms with Crippen LogP contribution >= 0.6 is 11.6 Å². The van der Waals surface area contributed by atoms with Crippen LogP contribution in [-0.4, -0.2) is 45.2 Å². The summed E-state index contributed by atoms with van der Waals surface area (Å²) in [6.45, 7) is 5.30. The lowest BCUT2D eigenvalue weighted by Crippen LogP contribution is -2.44. The molecule has 6 heteroatoms. The van der Waals surface area contributed by atoms with Gasteiger partial charge in [0.05, 0.1) is 10.6 Å². The second kappa shape index (κ2) is 7.09. The number of piperidine rings is 1. The smallest absolute Gasteiger partial charge is 0.179 e. The summed E-state index contributed by atoms with van der Waals surface area (Å²) in [4.78, 5) is 2.55. The number of hydrogen-bond acceptors (Lipinski definition) is 4. The van der Waals surface area contributed by atoms with E-state index in [2.05, 4.69) is 11.8 Å². The van der Waals surface area contributed by atoms with Crippen LogP contribution in [0.1, 0.15) is 13.3 Å². The molecule has 0 saturated carbocycles. The number of benzene rings is 1. The number of rotatable bonds is 5. The standard InChI is InChI=1S/C15H23ClN2O2S/c1-12-6-7-18(11-13(12)10-17)8-9-21(19,20)15-4-2-14(16)3-5-15/h2-5,12-13H,6-11,17H2,1H3. The van der Waals surface area contributed by atoms with E-state index in [1.54, 1.807) is 24.3 Å². The molecule has 1 aliphatic heterocycles. The first-order valence-corrected chi connectivity index (χ1v) is 9.36. The van der Waals surface area contributed by atoms with E-state index >= 15 is 0 Å². The third kappa shape index (κ3) is 4.42. The Morgan fingerprint density at radius 3 is 2.62 bits per heavy atom. The molecular weight excluding hydrogens is 308 g/mol. The number of nitrogens with two attached hydrogens (primary N) is 1. The molecule has 1 saturated heterocycles. The highest BCUT2D eigenvalue weighted by Gasteiger charge is 2.26. The van der Waals surface area contributed by atoms with Gasteiger partial charge in [-0.25, -0.2) is 8.42 Å². The topological polar surface area (TPSA) is 63.4 Å². The second-order valence-electron chi connectivity index (χ2n) is 5.84. The number of sulfone groups is 1. The van der Waals surface area contributed by atoms with Crippen LogP contribution in [0.25, 0.3) is 0 Å². The Kier molecular flexibility index (Phi) is 5.66. The molecule has 0 aromatic heterocycles. The van der Waals surface area contributed by atoms with Crippen LogP contribution in [0.2, 0.25) is 5.02 Å². The van der Waals surface area contributed by atoms with Crippen LogP contribution in [0.4, 0.5) is 0 Å². The van der Waals surface area contributed by atoms with Crippen LogP contribution in [-0.2, 0) is 9.84 Å². The van der Waals surface area contributed by atoms with E-state index < -0.39 is 9.84 Å². The van der Waals surface area contributed by atoms with Gasteiger partial charge in [0.1, 0.15) is 0 Å². The van der Waals surface area contributed by atoms with Crippen molar-refractivity contribution in [3.8, 4) is 0 Å².